The van der Waals surface area contributed by atoms with Gasteiger partial charge in [-0.15, -0.1) is 0 Å². The van der Waals surface area contributed by atoms with Crippen LogP contribution < -0.4 is 0 Å². The molecule has 0 heterocycles. The summed E-state index contributed by atoms with van der Waals surface area (Å²) in [7, 11) is 0. The third-order valence-electron chi connectivity index (χ3n) is 15.3. The van der Waals surface area contributed by atoms with E-state index in [2.05, 4.69) is 27.7 Å². The van der Waals surface area contributed by atoms with Gasteiger partial charge in [-0.3, -0.25) is 0 Å². The summed E-state index contributed by atoms with van der Waals surface area (Å²) in [4.78, 5) is 49.0. The SMILES string of the molecule is CCCCCCCCCCCCCOC(=O)c1ccccc1C(=O)OCCCCCCCCCCCCC.CCCCCCCCCCCCCc1ccc(C(=O)O)c(C(=O)O)c1CCCCCCCCCCCCC. The van der Waals surface area contributed by atoms with Crippen molar-refractivity contribution in [2.75, 3.05) is 13.2 Å². The zero-order chi connectivity index (χ0) is 55.4. The van der Waals surface area contributed by atoms with Crippen LogP contribution in [0.25, 0.3) is 0 Å². The first-order chi connectivity index (χ1) is 37.2. The molecule has 2 aromatic carbocycles. The van der Waals surface area contributed by atoms with Gasteiger partial charge in [-0.1, -0.05) is 303 Å². The molecule has 8 heteroatoms. The molecular formula is C68H116O8. The topological polar surface area (TPSA) is 127 Å². The number of aryl methyl sites for hydroxylation is 1. The van der Waals surface area contributed by atoms with Crippen molar-refractivity contribution >= 4 is 23.9 Å². The number of carboxylic acid groups (broad SMARTS) is 2. The van der Waals surface area contributed by atoms with E-state index in [4.69, 9.17) is 9.47 Å². The standard InChI is InChI=1S/2C34H58O4/c1-3-5-7-9-11-13-15-17-19-21-25-29-37-33(35)31-27-23-24-28-32(31)34(36)38-30-26-22-20-18-16-14-12-10-8-6-4-2;1-3-5-7-9-11-13-15-17-19-21-23-25-29-27-28-31(33(35)36)32(34(37)38)30(29)26-24-22-20-18-16-14-12-10-8-6-4-2/h23-24,27-28H,3-22,25-26,29-30H2,1-2H3;27-28H,3-26H2,1-2H3,(H,35,36)(H,37,38). The second-order valence-corrected chi connectivity index (χ2v) is 22.2. The molecule has 0 amide bonds. The number of hydrogen-bond acceptors (Lipinski definition) is 6. The molecule has 0 unspecified atom stereocenters. The molecule has 0 bridgehead atoms. The highest BCUT2D eigenvalue weighted by atomic mass is 16.5. The maximum absolute atomic E-state index is 12.6. The third-order valence-corrected chi connectivity index (χ3v) is 15.3. The molecule has 0 radical (unpaired) electrons. The molecule has 0 saturated carbocycles. The summed E-state index contributed by atoms with van der Waals surface area (Å²) in [5, 5.41) is 19.5. The number of aromatic carboxylic acids is 2. The van der Waals surface area contributed by atoms with Gasteiger partial charge in [0.25, 0.3) is 0 Å². The molecule has 0 saturated heterocycles. The second-order valence-electron chi connectivity index (χ2n) is 22.2. The summed E-state index contributed by atoms with van der Waals surface area (Å²) in [6.45, 7) is 9.82. The molecule has 0 aliphatic rings. The van der Waals surface area contributed by atoms with Crippen LogP contribution in [-0.2, 0) is 22.3 Å². The van der Waals surface area contributed by atoms with Gasteiger partial charge in [0.1, 0.15) is 0 Å². The molecular weight excluding hydrogens is 945 g/mol. The average molecular weight is 1060 g/mol. The minimum atomic E-state index is -1.15. The Morgan fingerprint density at radius 2 is 0.592 bits per heavy atom. The van der Waals surface area contributed by atoms with Crippen LogP contribution in [0.4, 0.5) is 0 Å². The Morgan fingerprint density at radius 3 is 0.882 bits per heavy atom. The van der Waals surface area contributed by atoms with E-state index in [0.29, 0.717) is 30.8 Å². The minimum Gasteiger partial charge on any atom is -0.478 e. The van der Waals surface area contributed by atoms with E-state index in [-0.39, 0.29) is 11.1 Å². The number of rotatable bonds is 52. The highest BCUT2D eigenvalue weighted by Gasteiger charge is 2.23. The number of benzene rings is 2. The number of carbonyl (C=O) groups excluding carboxylic acids is 2. The fourth-order valence-electron chi connectivity index (χ4n) is 10.4. The summed E-state index contributed by atoms with van der Waals surface area (Å²) in [5.41, 5.74) is 2.36. The molecule has 8 nitrogen and oxygen atoms in total. The Balaban J connectivity index is 0.000000760. The number of hydrogen-bond donors (Lipinski definition) is 2. The third kappa shape index (κ3) is 38.0. The van der Waals surface area contributed by atoms with Crippen molar-refractivity contribution in [1.29, 1.82) is 0 Å². The molecule has 0 spiro atoms. The Morgan fingerprint density at radius 1 is 0.316 bits per heavy atom. The van der Waals surface area contributed by atoms with Gasteiger partial charge in [0, 0.05) is 0 Å². The van der Waals surface area contributed by atoms with Crippen molar-refractivity contribution in [1.82, 2.24) is 0 Å². The average Bonchev–Trinajstić information content (AvgIpc) is 3.42. The monoisotopic (exact) mass is 1060 g/mol. The van der Waals surface area contributed by atoms with Gasteiger partial charge in [0.05, 0.1) is 35.5 Å². The number of carboxylic acids is 2. The summed E-state index contributed by atoms with van der Waals surface area (Å²) in [5.74, 6) is -3.12. The van der Waals surface area contributed by atoms with Crippen LogP contribution in [0.5, 0.6) is 0 Å². The van der Waals surface area contributed by atoms with Crippen molar-refractivity contribution in [2.45, 2.75) is 323 Å². The molecule has 76 heavy (non-hydrogen) atoms. The molecule has 0 aliphatic carbocycles. The van der Waals surface area contributed by atoms with Crippen molar-refractivity contribution in [2.24, 2.45) is 0 Å². The maximum atomic E-state index is 12.6. The molecule has 436 valence electrons. The summed E-state index contributed by atoms with van der Waals surface area (Å²) >= 11 is 0. The van der Waals surface area contributed by atoms with E-state index >= 15 is 0 Å². The number of ether oxygens (including phenoxy) is 2. The summed E-state index contributed by atoms with van der Waals surface area (Å²) < 4.78 is 10.9. The smallest absolute Gasteiger partial charge is 0.339 e. The Kier molecular flexibility index (Phi) is 48.2. The first-order valence-electron chi connectivity index (χ1n) is 32.3. The van der Waals surface area contributed by atoms with Gasteiger partial charge in [-0.05, 0) is 67.9 Å². The van der Waals surface area contributed by atoms with Gasteiger partial charge in [-0.25, -0.2) is 19.2 Å². The minimum absolute atomic E-state index is 0.0187. The lowest BCUT2D eigenvalue weighted by Crippen LogP contribution is -2.15. The molecule has 2 aromatic rings. The van der Waals surface area contributed by atoms with Crippen LogP contribution in [-0.4, -0.2) is 47.3 Å². The largest absolute Gasteiger partial charge is 0.478 e. The molecule has 0 atom stereocenters. The second kappa shape index (κ2) is 52.0. The van der Waals surface area contributed by atoms with Crippen LogP contribution in [0.15, 0.2) is 36.4 Å². The molecule has 0 fully saturated rings. The zero-order valence-corrected chi connectivity index (χ0v) is 49.7. The molecule has 0 aliphatic heterocycles. The lowest BCUT2D eigenvalue weighted by atomic mass is 9.89. The van der Waals surface area contributed by atoms with Crippen LogP contribution in [0, 0.1) is 0 Å². The predicted molar refractivity (Wildman–Crippen MR) is 321 cm³/mol. The van der Waals surface area contributed by atoms with Gasteiger partial charge in [-0.2, -0.15) is 0 Å². The predicted octanol–water partition coefficient (Wildman–Crippen LogP) is 21.4. The van der Waals surface area contributed by atoms with E-state index < -0.39 is 23.9 Å². The summed E-state index contributed by atoms with van der Waals surface area (Å²) in [6, 6.07) is 10.2. The van der Waals surface area contributed by atoms with Gasteiger partial charge >= 0.3 is 23.9 Å². The van der Waals surface area contributed by atoms with Gasteiger partial charge < -0.3 is 19.7 Å². The van der Waals surface area contributed by atoms with E-state index in [1.165, 1.54) is 237 Å². The first kappa shape index (κ1) is 70.3. The lowest BCUT2D eigenvalue weighted by Gasteiger charge is -2.15. The fourth-order valence-corrected chi connectivity index (χ4v) is 10.4. The molecule has 0 aromatic heterocycles. The van der Waals surface area contributed by atoms with Crippen LogP contribution in [0.1, 0.15) is 363 Å². The van der Waals surface area contributed by atoms with Crippen LogP contribution in [0.2, 0.25) is 0 Å². The normalized spacial score (nSPS) is 11.1. The maximum Gasteiger partial charge on any atom is 0.339 e. The number of carbonyl (C=O) groups is 4. The molecule has 2 N–H and O–H groups in total. The van der Waals surface area contributed by atoms with Gasteiger partial charge in [0.15, 0.2) is 0 Å². The lowest BCUT2D eigenvalue weighted by molar-refractivity contribution is 0.0450. The van der Waals surface area contributed by atoms with E-state index in [0.717, 1.165) is 68.9 Å². The van der Waals surface area contributed by atoms with Crippen molar-refractivity contribution in [3.8, 4) is 0 Å². The van der Waals surface area contributed by atoms with Gasteiger partial charge in [0.2, 0.25) is 0 Å². The Bertz CT molecular complexity index is 1640. The summed E-state index contributed by atoms with van der Waals surface area (Å²) in [6.07, 6.45) is 56.9. The Hall–Kier alpha value is -3.68. The quantitative estimate of drug-likeness (QED) is 0.0495. The van der Waals surface area contributed by atoms with Crippen LogP contribution in [0.3, 0.4) is 0 Å². The Labute approximate surface area is 466 Å². The fraction of sp³-hybridized carbons (Fsp3) is 0.765. The van der Waals surface area contributed by atoms with E-state index in [9.17, 15) is 29.4 Å². The van der Waals surface area contributed by atoms with Crippen molar-refractivity contribution in [3.05, 3.63) is 69.8 Å². The number of unbranched alkanes of at least 4 members (excludes halogenated alkanes) is 40. The van der Waals surface area contributed by atoms with Crippen molar-refractivity contribution in [3.63, 3.8) is 0 Å². The van der Waals surface area contributed by atoms with Crippen LogP contribution >= 0.6 is 0 Å². The highest BCUT2D eigenvalue weighted by molar-refractivity contribution is 6.03. The van der Waals surface area contributed by atoms with E-state index in [1.54, 1.807) is 24.3 Å². The highest BCUT2D eigenvalue weighted by Crippen LogP contribution is 2.26. The van der Waals surface area contributed by atoms with E-state index in [1.807, 2.05) is 6.07 Å². The molecule has 2 rings (SSSR count). The first-order valence-corrected chi connectivity index (χ1v) is 32.3. The zero-order valence-electron chi connectivity index (χ0n) is 49.7. The number of esters is 2. The van der Waals surface area contributed by atoms with Crippen molar-refractivity contribution < 1.29 is 38.9 Å².